The van der Waals surface area contributed by atoms with E-state index in [1.165, 1.54) is 54.9 Å². The lowest BCUT2D eigenvalue weighted by Crippen LogP contribution is -2.11. The van der Waals surface area contributed by atoms with E-state index in [2.05, 4.69) is 223 Å². The quantitative estimate of drug-likeness (QED) is 0.162. The van der Waals surface area contributed by atoms with Gasteiger partial charge in [-0.3, -0.25) is 0 Å². The molecule has 0 bridgehead atoms. The van der Waals surface area contributed by atoms with Crippen LogP contribution in [0.3, 0.4) is 0 Å². The highest BCUT2D eigenvalue weighted by molar-refractivity contribution is 6.14. The summed E-state index contributed by atoms with van der Waals surface area (Å²) in [6.45, 7) is 0. The van der Waals surface area contributed by atoms with Crippen LogP contribution in [0.25, 0.3) is 88.0 Å². The summed E-state index contributed by atoms with van der Waals surface area (Å²) in [6.07, 6.45) is 0. The zero-order valence-corrected chi connectivity index (χ0v) is 31.7. The predicted molar refractivity (Wildman–Crippen MR) is 245 cm³/mol. The first-order valence-electron chi connectivity index (χ1n) is 19.8. The molecule has 0 amide bonds. The molecule has 0 unspecified atom stereocenters. The Hall–Kier alpha value is -7.68. The number of benzene rings is 10. The van der Waals surface area contributed by atoms with E-state index in [0.29, 0.717) is 0 Å². The Kier molecular flexibility index (Phi) is 8.19. The van der Waals surface area contributed by atoms with Crippen molar-refractivity contribution in [3.8, 4) is 44.5 Å². The lowest BCUT2D eigenvalue weighted by Gasteiger charge is -2.28. The molecule has 0 fully saturated rings. The molecule has 0 atom stereocenters. The summed E-state index contributed by atoms with van der Waals surface area (Å²) in [4.78, 5) is 2.39. The maximum atomic E-state index is 6.37. The van der Waals surface area contributed by atoms with Gasteiger partial charge in [0.1, 0.15) is 11.2 Å². The van der Waals surface area contributed by atoms with Gasteiger partial charge in [-0.05, 0) is 109 Å². The molecule has 1 aromatic heterocycles. The van der Waals surface area contributed by atoms with Crippen molar-refractivity contribution >= 4 is 60.5 Å². The van der Waals surface area contributed by atoms with Crippen molar-refractivity contribution in [1.82, 2.24) is 0 Å². The SMILES string of the molecule is c1ccc(-c2ccc3ccccc3c2)c(-c2ccc(N(c3ccc(-c4cccc5ccccc45)cc3)c3ccccc3-c3cccc4oc5ccccc5c34)cc2)c1. The minimum atomic E-state index is 0.883. The molecule has 0 aliphatic rings. The fraction of sp³-hybridized carbons (Fsp3) is 0. The van der Waals surface area contributed by atoms with Gasteiger partial charge >= 0.3 is 0 Å². The Morgan fingerprint density at radius 3 is 1.57 bits per heavy atom. The smallest absolute Gasteiger partial charge is 0.136 e. The Balaban J connectivity index is 1.06. The van der Waals surface area contributed by atoms with Gasteiger partial charge in [0, 0.05) is 27.7 Å². The molecule has 0 N–H and O–H groups in total. The van der Waals surface area contributed by atoms with Crippen LogP contribution < -0.4 is 4.90 Å². The van der Waals surface area contributed by atoms with Gasteiger partial charge in [-0.15, -0.1) is 0 Å². The van der Waals surface area contributed by atoms with E-state index in [-0.39, 0.29) is 0 Å². The molecule has 0 radical (unpaired) electrons. The third kappa shape index (κ3) is 5.82. The van der Waals surface area contributed by atoms with E-state index in [0.717, 1.165) is 50.1 Å². The van der Waals surface area contributed by atoms with Crippen LogP contribution in [0.1, 0.15) is 0 Å². The molecule has 272 valence electrons. The number of hydrogen-bond donors (Lipinski definition) is 0. The Morgan fingerprint density at radius 1 is 0.293 bits per heavy atom. The maximum Gasteiger partial charge on any atom is 0.136 e. The van der Waals surface area contributed by atoms with Gasteiger partial charge in [0.25, 0.3) is 0 Å². The third-order valence-corrected chi connectivity index (χ3v) is 11.5. The summed E-state index contributed by atoms with van der Waals surface area (Å²) < 4.78 is 6.37. The number of fused-ring (bicyclic) bond motifs is 5. The van der Waals surface area contributed by atoms with Crippen LogP contribution in [0.2, 0.25) is 0 Å². The van der Waals surface area contributed by atoms with Crippen LogP contribution in [-0.4, -0.2) is 0 Å². The van der Waals surface area contributed by atoms with Gasteiger partial charge in [0.15, 0.2) is 0 Å². The molecule has 0 aliphatic heterocycles. The standard InChI is InChI=1S/C56H37NO/c1-2-15-42-37-43(28-27-38(42)13-1)49-19-6-5-18-47(49)40-29-33-44(34-30-40)57(45-35-31-41(32-36-45)48-22-11-16-39-14-3-4-17-46(39)48)53-24-9-7-20-50(53)51-23-12-26-55-56(51)52-21-8-10-25-54(52)58-55/h1-37H. The van der Waals surface area contributed by atoms with Crippen LogP contribution in [0.15, 0.2) is 229 Å². The second-order valence-corrected chi connectivity index (χ2v) is 14.9. The van der Waals surface area contributed by atoms with Crippen LogP contribution in [0, 0.1) is 0 Å². The predicted octanol–water partition coefficient (Wildman–Crippen LogP) is 16.0. The third-order valence-electron chi connectivity index (χ3n) is 11.5. The topological polar surface area (TPSA) is 16.4 Å². The number of rotatable bonds is 7. The minimum absolute atomic E-state index is 0.883. The molecule has 11 aromatic rings. The highest BCUT2D eigenvalue weighted by atomic mass is 16.3. The average Bonchev–Trinajstić information content (AvgIpc) is 3.69. The van der Waals surface area contributed by atoms with Crippen molar-refractivity contribution in [1.29, 1.82) is 0 Å². The maximum absolute atomic E-state index is 6.37. The van der Waals surface area contributed by atoms with E-state index in [1.807, 2.05) is 6.07 Å². The fourth-order valence-electron chi connectivity index (χ4n) is 8.72. The Morgan fingerprint density at radius 2 is 0.793 bits per heavy atom. The second kappa shape index (κ2) is 14.1. The second-order valence-electron chi connectivity index (χ2n) is 14.9. The summed E-state index contributed by atoms with van der Waals surface area (Å²) in [6, 6.07) is 80.7. The van der Waals surface area contributed by atoms with Gasteiger partial charge in [0.2, 0.25) is 0 Å². The van der Waals surface area contributed by atoms with Crippen LogP contribution in [0.5, 0.6) is 0 Å². The molecule has 10 aromatic carbocycles. The van der Waals surface area contributed by atoms with Crippen LogP contribution in [0.4, 0.5) is 17.1 Å². The van der Waals surface area contributed by atoms with E-state index < -0.39 is 0 Å². The lowest BCUT2D eigenvalue weighted by molar-refractivity contribution is 0.669. The molecule has 58 heavy (non-hydrogen) atoms. The molecule has 11 rings (SSSR count). The number of anilines is 3. The molecule has 0 saturated carbocycles. The Labute approximate surface area is 337 Å². The van der Waals surface area contributed by atoms with E-state index in [9.17, 15) is 0 Å². The number of para-hydroxylation sites is 2. The minimum Gasteiger partial charge on any atom is -0.456 e. The summed E-state index contributed by atoms with van der Waals surface area (Å²) in [5.74, 6) is 0. The number of nitrogens with zero attached hydrogens (tertiary/aromatic N) is 1. The highest BCUT2D eigenvalue weighted by Crippen LogP contribution is 2.46. The molecule has 2 heteroatoms. The van der Waals surface area contributed by atoms with Crippen LogP contribution >= 0.6 is 0 Å². The van der Waals surface area contributed by atoms with Crippen molar-refractivity contribution in [3.63, 3.8) is 0 Å². The monoisotopic (exact) mass is 739 g/mol. The first kappa shape index (κ1) is 33.6. The number of hydrogen-bond acceptors (Lipinski definition) is 2. The van der Waals surface area contributed by atoms with Gasteiger partial charge in [-0.1, -0.05) is 176 Å². The van der Waals surface area contributed by atoms with E-state index in [1.54, 1.807) is 0 Å². The van der Waals surface area contributed by atoms with Gasteiger partial charge in [0.05, 0.1) is 5.69 Å². The summed E-state index contributed by atoms with van der Waals surface area (Å²) in [5, 5.41) is 7.21. The highest BCUT2D eigenvalue weighted by Gasteiger charge is 2.21. The largest absolute Gasteiger partial charge is 0.456 e. The zero-order valence-electron chi connectivity index (χ0n) is 31.7. The van der Waals surface area contributed by atoms with Crippen molar-refractivity contribution < 1.29 is 4.42 Å². The fourth-order valence-corrected chi connectivity index (χ4v) is 8.72. The normalized spacial score (nSPS) is 11.4. The van der Waals surface area contributed by atoms with Crippen molar-refractivity contribution in [2.75, 3.05) is 4.90 Å². The lowest BCUT2D eigenvalue weighted by atomic mass is 9.93. The zero-order chi connectivity index (χ0) is 38.4. The first-order valence-corrected chi connectivity index (χ1v) is 19.8. The Bertz CT molecular complexity index is 3280. The summed E-state index contributed by atoms with van der Waals surface area (Å²) in [5.41, 5.74) is 14.5. The van der Waals surface area contributed by atoms with Gasteiger partial charge < -0.3 is 9.32 Å². The first-order chi connectivity index (χ1) is 28.8. The number of furan rings is 1. The van der Waals surface area contributed by atoms with E-state index >= 15 is 0 Å². The molecule has 2 nitrogen and oxygen atoms in total. The van der Waals surface area contributed by atoms with Crippen molar-refractivity contribution in [2.45, 2.75) is 0 Å². The molecule has 0 aliphatic carbocycles. The average molecular weight is 740 g/mol. The van der Waals surface area contributed by atoms with Gasteiger partial charge in [-0.25, -0.2) is 0 Å². The molecule has 1 heterocycles. The van der Waals surface area contributed by atoms with Crippen LogP contribution in [-0.2, 0) is 0 Å². The molecular formula is C56H37NO. The van der Waals surface area contributed by atoms with Crippen molar-refractivity contribution in [3.05, 3.63) is 224 Å². The summed E-state index contributed by atoms with van der Waals surface area (Å²) in [7, 11) is 0. The summed E-state index contributed by atoms with van der Waals surface area (Å²) >= 11 is 0. The van der Waals surface area contributed by atoms with Crippen molar-refractivity contribution in [2.24, 2.45) is 0 Å². The molecule has 0 spiro atoms. The molecule has 0 saturated heterocycles. The van der Waals surface area contributed by atoms with E-state index in [4.69, 9.17) is 4.42 Å². The van der Waals surface area contributed by atoms with Gasteiger partial charge in [-0.2, -0.15) is 0 Å². The molecular weight excluding hydrogens is 703 g/mol.